The lowest BCUT2D eigenvalue weighted by Crippen LogP contribution is -2.54. The summed E-state index contributed by atoms with van der Waals surface area (Å²) >= 11 is 6.86. The Hall–Kier alpha value is -3.95. The van der Waals surface area contributed by atoms with Crippen molar-refractivity contribution in [3.8, 4) is 11.5 Å². The first-order valence-corrected chi connectivity index (χ1v) is 13.1. The summed E-state index contributed by atoms with van der Waals surface area (Å²) in [6, 6.07) is 23.3. The van der Waals surface area contributed by atoms with Gasteiger partial charge in [0.05, 0.1) is 17.3 Å². The van der Waals surface area contributed by atoms with Gasteiger partial charge in [0.25, 0.3) is 11.8 Å². The average molecular weight is 636 g/mol. The van der Waals surface area contributed by atoms with Gasteiger partial charge in [0.15, 0.2) is 11.5 Å². The minimum atomic E-state index is -0.810. The highest BCUT2D eigenvalue weighted by Crippen LogP contribution is 2.38. The molecule has 0 saturated carbocycles. The Kier molecular flexibility index (Phi) is 7.31. The van der Waals surface area contributed by atoms with E-state index < -0.39 is 17.8 Å². The largest absolute Gasteiger partial charge is 0.493 e. The van der Waals surface area contributed by atoms with Crippen LogP contribution in [0.4, 0.5) is 10.5 Å². The van der Waals surface area contributed by atoms with Crippen molar-refractivity contribution in [3.05, 3.63) is 105 Å². The van der Waals surface area contributed by atoms with Gasteiger partial charge in [-0.15, -0.1) is 0 Å². The number of hydrogen-bond donors (Lipinski definition) is 1. The highest BCUT2D eigenvalue weighted by molar-refractivity contribution is 9.10. The summed E-state index contributed by atoms with van der Waals surface area (Å²) < 4.78 is 13.1. The standard InChI is InChI=1S/C29H20Br2N2O5/c1-37-25-15-17(13-23-27(34)32-29(36)33(28(23)35)21-11-9-20(30)10-12-21)14-24(31)26(25)38-16-19-7-4-6-18-5-2-3-8-22(18)19/h2-15H,16H2,1H3,(H,32,34,36)/b23-13-. The number of fused-ring (bicyclic) bond motifs is 1. The van der Waals surface area contributed by atoms with Crippen molar-refractivity contribution in [3.63, 3.8) is 0 Å². The summed E-state index contributed by atoms with van der Waals surface area (Å²) in [5, 5.41) is 4.44. The fourth-order valence-corrected chi connectivity index (χ4v) is 5.02. The predicted molar refractivity (Wildman–Crippen MR) is 152 cm³/mol. The second-order valence-corrected chi connectivity index (χ2v) is 10.2. The van der Waals surface area contributed by atoms with Gasteiger partial charge in [0.2, 0.25) is 0 Å². The minimum absolute atomic E-state index is 0.189. The van der Waals surface area contributed by atoms with Crippen LogP contribution in [0.15, 0.2) is 93.4 Å². The Labute approximate surface area is 235 Å². The van der Waals surface area contributed by atoms with E-state index in [4.69, 9.17) is 9.47 Å². The number of barbiturate groups is 1. The van der Waals surface area contributed by atoms with Gasteiger partial charge in [0.1, 0.15) is 12.2 Å². The van der Waals surface area contributed by atoms with Crippen molar-refractivity contribution >= 4 is 72.2 Å². The SMILES string of the molecule is COc1cc(/C=C2/C(=O)NC(=O)N(c3ccc(Br)cc3)C2=O)cc(Br)c1OCc1cccc2ccccc12. The van der Waals surface area contributed by atoms with E-state index in [2.05, 4.69) is 37.2 Å². The maximum Gasteiger partial charge on any atom is 0.335 e. The predicted octanol–water partition coefficient (Wildman–Crippen LogP) is 6.62. The third kappa shape index (κ3) is 5.07. The number of imide groups is 2. The number of halogens is 2. The van der Waals surface area contributed by atoms with E-state index in [1.165, 1.54) is 13.2 Å². The normalized spacial score (nSPS) is 14.7. The third-order valence-corrected chi connectivity index (χ3v) is 7.12. The molecule has 1 aliphatic heterocycles. The molecule has 0 spiro atoms. The van der Waals surface area contributed by atoms with E-state index in [1.54, 1.807) is 36.4 Å². The molecule has 1 saturated heterocycles. The van der Waals surface area contributed by atoms with Gasteiger partial charge < -0.3 is 9.47 Å². The van der Waals surface area contributed by atoms with Crippen molar-refractivity contribution in [2.45, 2.75) is 6.61 Å². The Morgan fingerprint density at radius 1 is 0.921 bits per heavy atom. The van der Waals surface area contributed by atoms with Crippen LogP contribution >= 0.6 is 31.9 Å². The second kappa shape index (κ2) is 10.8. The van der Waals surface area contributed by atoms with Gasteiger partial charge in [0, 0.05) is 4.47 Å². The summed E-state index contributed by atoms with van der Waals surface area (Å²) in [6.07, 6.45) is 1.41. The highest BCUT2D eigenvalue weighted by Gasteiger charge is 2.36. The average Bonchev–Trinajstić information content (AvgIpc) is 2.91. The molecule has 0 radical (unpaired) electrons. The second-order valence-electron chi connectivity index (χ2n) is 8.40. The summed E-state index contributed by atoms with van der Waals surface area (Å²) in [4.78, 5) is 39.2. The molecule has 0 aliphatic carbocycles. The summed E-state index contributed by atoms with van der Waals surface area (Å²) in [5.41, 5.74) is 1.68. The van der Waals surface area contributed by atoms with Crippen LogP contribution in [0, 0.1) is 0 Å². The third-order valence-electron chi connectivity index (χ3n) is 6.00. The number of nitrogens with zero attached hydrogens (tertiary/aromatic N) is 1. The van der Waals surface area contributed by atoms with Gasteiger partial charge in [-0.1, -0.05) is 58.4 Å². The molecule has 9 heteroatoms. The number of hydrogen-bond acceptors (Lipinski definition) is 5. The Morgan fingerprint density at radius 2 is 1.66 bits per heavy atom. The van der Waals surface area contributed by atoms with Gasteiger partial charge in [-0.3, -0.25) is 14.9 Å². The van der Waals surface area contributed by atoms with Gasteiger partial charge in [-0.2, -0.15) is 0 Å². The Morgan fingerprint density at radius 3 is 2.42 bits per heavy atom. The molecule has 0 aromatic heterocycles. The fraction of sp³-hybridized carbons (Fsp3) is 0.0690. The van der Waals surface area contributed by atoms with Crippen LogP contribution in [0.2, 0.25) is 0 Å². The van der Waals surface area contributed by atoms with Crippen LogP contribution < -0.4 is 19.7 Å². The monoisotopic (exact) mass is 634 g/mol. The maximum atomic E-state index is 13.2. The first kappa shape index (κ1) is 25.7. The molecule has 190 valence electrons. The smallest absolute Gasteiger partial charge is 0.335 e. The van der Waals surface area contributed by atoms with Crippen molar-refractivity contribution in [2.24, 2.45) is 0 Å². The number of urea groups is 1. The molecule has 7 nitrogen and oxygen atoms in total. The number of carbonyl (C=O) groups is 3. The molecule has 1 heterocycles. The van der Waals surface area contributed by atoms with Crippen LogP contribution in [0.5, 0.6) is 11.5 Å². The minimum Gasteiger partial charge on any atom is -0.493 e. The molecule has 4 aromatic carbocycles. The molecule has 1 aliphatic rings. The molecule has 5 rings (SSSR count). The van der Waals surface area contributed by atoms with E-state index in [1.807, 2.05) is 42.5 Å². The number of carbonyl (C=O) groups excluding carboxylic acids is 3. The van der Waals surface area contributed by atoms with Gasteiger partial charge in [-0.05, 0) is 80.3 Å². The molecule has 4 amide bonds. The van der Waals surface area contributed by atoms with E-state index in [9.17, 15) is 14.4 Å². The number of methoxy groups -OCH3 is 1. The van der Waals surface area contributed by atoms with Gasteiger partial charge >= 0.3 is 6.03 Å². The molecular formula is C29H20Br2N2O5. The highest BCUT2D eigenvalue weighted by atomic mass is 79.9. The van der Waals surface area contributed by atoms with Crippen LogP contribution in [-0.2, 0) is 16.2 Å². The Balaban J connectivity index is 1.44. The van der Waals surface area contributed by atoms with E-state index in [-0.39, 0.29) is 5.57 Å². The number of benzene rings is 4. The number of amides is 4. The number of nitrogens with one attached hydrogen (secondary N) is 1. The summed E-state index contributed by atoms with van der Waals surface area (Å²) in [5.74, 6) is -0.614. The Bertz CT molecular complexity index is 1610. The summed E-state index contributed by atoms with van der Waals surface area (Å²) in [6.45, 7) is 0.307. The lowest BCUT2D eigenvalue weighted by molar-refractivity contribution is -0.122. The van der Waals surface area contributed by atoms with Crippen LogP contribution in [0.1, 0.15) is 11.1 Å². The van der Waals surface area contributed by atoms with Crippen LogP contribution in [0.3, 0.4) is 0 Å². The molecule has 0 bridgehead atoms. The first-order valence-electron chi connectivity index (χ1n) is 11.5. The molecule has 4 aromatic rings. The van der Waals surface area contributed by atoms with Crippen LogP contribution in [0.25, 0.3) is 16.8 Å². The number of ether oxygens (including phenoxy) is 2. The zero-order chi connectivity index (χ0) is 26.8. The molecule has 0 atom stereocenters. The summed E-state index contributed by atoms with van der Waals surface area (Å²) in [7, 11) is 1.51. The van der Waals surface area contributed by atoms with Crippen molar-refractivity contribution in [1.82, 2.24) is 5.32 Å². The molecular weight excluding hydrogens is 616 g/mol. The van der Waals surface area contributed by atoms with Crippen molar-refractivity contribution in [2.75, 3.05) is 12.0 Å². The number of rotatable bonds is 6. The quantitative estimate of drug-likeness (QED) is 0.190. The fourth-order valence-electron chi connectivity index (χ4n) is 4.18. The van der Waals surface area contributed by atoms with E-state index in [0.717, 1.165) is 25.7 Å². The first-order chi connectivity index (χ1) is 18.4. The zero-order valence-corrected chi connectivity index (χ0v) is 23.2. The van der Waals surface area contributed by atoms with Crippen molar-refractivity contribution in [1.29, 1.82) is 0 Å². The molecule has 1 N–H and O–H groups in total. The molecule has 1 fully saturated rings. The lowest BCUT2D eigenvalue weighted by Gasteiger charge is -2.26. The van der Waals surface area contributed by atoms with E-state index in [0.29, 0.717) is 33.8 Å². The topological polar surface area (TPSA) is 84.9 Å². The lowest BCUT2D eigenvalue weighted by atomic mass is 10.1. The van der Waals surface area contributed by atoms with Crippen molar-refractivity contribution < 1.29 is 23.9 Å². The number of anilines is 1. The van der Waals surface area contributed by atoms with Crippen LogP contribution in [-0.4, -0.2) is 25.0 Å². The van der Waals surface area contributed by atoms with E-state index >= 15 is 0 Å². The molecule has 0 unspecified atom stereocenters. The molecule has 38 heavy (non-hydrogen) atoms. The zero-order valence-electron chi connectivity index (χ0n) is 20.0. The van der Waals surface area contributed by atoms with Gasteiger partial charge in [-0.25, -0.2) is 9.69 Å². The maximum absolute atomic E-state index is 13.2.